The van der Waals surface area contributed by atoms with Crippen LogP contribution in [0, 0.1) is 13.8 Å². The van der Waals surface area contributed by atoms with Gasteiger partial charge in [0, 0.05) is 23.6 Å². The second kappa shape index (κ2) is 7.82. The van der Waals surface area contributed by atoms with E-state index in [9.17, 15) is 9.59 Å². The number of nitrogens with zero attached hydrogens (tertiary/aromatic N) is 2. The van der Waals surface area contributed by atoms with Crippen LogP contribution in [0.25, 0.3) is 11.8 Å². The smallest absolute Gasteiger partial charge is 0.318 e. The van der Waals surface area contributed by atoms with Gasteiger partial charge < -0.3 is 9.88 Å². The predicted molar refractivity (Wildman–Crippen MR) is 108 cm³/mol. The Kier molecular flexibility index (Phi) is 5.49. The third-order valence-electron chi connectivity index (χ3n) is 5.06. The van der Waals surface area contributed by atoms with Crippen LogP contribution < -0.4 is 5.32 Å². The third-order valence-corrected chi connectivity index (χ3v) is 5.06. The van der Waals surface area contributed by atoms with Gasteiger partial charge in [0.15, 0.2) is 0 Å². The number of carbonyl (C=O) groups excluding carboxylic acids is 2. The molecule has 0 bridgehead atoms. The van der Waals surface area contributed by atoms with Gasteiger partial charge in [-0.05, 0) is 69.0 Å². The molecular formula is C22H27N3O2. The highest BCUT2D eigenvalue weighted by molar-refractivity contribution is 6.14. The highest BCUT2D eigenvalue weighted by atomic mass is 16.2. The highest BCUT2D eigenvalue weighted by Crippen LogP contribution is 2.24. The quantitative estimate of drug-likeness (QED) is 0.611. The Bertz CT molecular complexity index is 891. The first-order valence-corrected chi connectivity index (χ1v) is 9.59. The number of hydrogen-bond acceptors (Lipinski definition) is 2. The largest absolute Gasteiger partial charge is 0.328 e. The summed E-state index contributed by atoms with van der Waals surface area (Å²) in [5.41, 5.74) is 5.85. The number of rotatable bonds is 6. The van der Waals surface area contributed by atoms with E-state index in [1.165, 1.54) is 23.3 Å². The van der Waals surface area contributed by atoms with Crippen LogP contribution in [0.5, 0.6) is 0 Å². The van der Waals surface area contributed by atoms with Gasteiger partial charge in [0.25, 0.3) is 5.91 Å². The lowest BCUT2D eigenvalue weighted by Crippen LogP contribution is -2.30. The van der Waals surface area contributed by atoms with Crippen LogP contribution in [-0.4, -0.2) is 28.0 Å². The molecule has 1 fully saturated rings. The zero-order valence-corrected chi connectivity index (χ0v) is 16.5. The summed E-state index contributed by atoms with van der Waals surface area (Å²) >= 11 is 0. The molecule has 1 N–H and O–H groups in total. The first kappa shape index (κ1) is 19.0. The Morgan fingerprint density at radius 1 is 1.07 bits per heavy atom. The molecule has 5 nitrogen and oxygen atoms in total. The minimum absolute atomic E-state index is 0.271. The average molecular weight is 365 g/mol. The zero-order valence-electron chi connectivity index (χ0n) is 16.5. The Hall–Kier alpha value is -2.82. The summed E-state index contributed by atoms with van der Waals surface area (Å²) in [4.78, 5) is 25.4. The summed E-state index contributed by atoms with van der Waals surface area (Å²) in [5.74, 6) is -0.271. The first-order valence-electron chi connectivity index (χ1n) is 9.59. The number of amides is 3. The van der Waals surface area contributed by atoms with Crippen LogP contribution in [-0.2, 0) is 11.2 Å². The van der Waals surface area contributed by atoms with E-state index in [0.29, 0.717) is 12.2 Å². The van der Waals surface area contributed by atoms with Crippen molar-refractivity contribution in [1.29, 1.82) is 0 Å². The van der Waals surface area contributed by atoms with Crippen molar-refractivity contribution in [3.05, 3.63) is 58.5 Å². The number of aryl methyl sites for hydroxylation is 2. The normalized spacial score (nSPS) is 15.7. The lowest BCUT2D eigenvalue weighted by atomic mass is 10.1. The average Bonchev–Trinajstić information content (AvgIpc) is 3.08. The SMILES string of the molecule is CCCCc1ccc(-n2c(C)cc(/C=C3/NC(=O)N(CC)C3=O)c2C)cc1. The summed E-state index contributed by atoms with van der Waals surface area (Å²) in [7, 11) is 0. The fourth-order valence-corrected chi connectivity index (χ4v) is 3.54. The molecule has 1 aliphatic heterocycles. The minimum Gasteiger partial charge on any atom is -0.318 e. The molecule has 5 heteroatoms. The molecule has 3 rings (SSSR count). The number of imide groups is 1. The van der Waals surface area contributed by atoms with E-state index in [-0.39, 0.29) is 11.9 Å². The molecule has 0 saturated carbocycles. The lowest BCUT2D eigenvalue weighted by molar-refractivity contribution is -0.122. The van der Waals surface area contributed by atoms with Crippen LogP contribution in [0.4, 0.5) is 4.79 Å². The molecule has 0 radical (unpaired) electrons. The molecule has 27 heavy (non-hydrogen) atoms. The molecule has 3 amide bonds. The van der Waals surface area contributed by atoms with Crippen LogP contribution in [0.2, 0.25) is 0 Å². The van der Waals surface area contributed by atoms with Crippen LogP contribution in [0.15, 0.2) is 36.0 Å². The van der Waals surface area contributed by atoms with Crippen molar-refractivity contribution in [1.82, 2.24) is 14.8 Å². The van der Waals surface area contributed by atoms with Crippen molar-refractivity contribution < 1.29 is 9.59 Å². The van der Waals surface area contributed by atoms with Crippen molar-refractivity contribution in [3.63, 3.8) is 0 Å². The molecule has 1 aromatic carbocycles. The fourth-order valence-electron chi connectivity index (χ4n) is 3.54. The third kappa shape index (κ3) is 3.68. The molecule has 0 unspecified atom stereocenters. The number of aromatic nitrogens is 1. The number of benzene rings is 1. The molecule has 1 saturated heterocycles. The standard InChI is InChI=1S/C22H27N3O2/c1-5-7-8-17-9-11-19(12-10-17)25-15(3)13-18(16(25)4)14-20-21(26)24(6-2)22(27)23-20/h9-14H,5-8H2,1-4H3,(H,23,27)/b20-14+. The van der Waals surface area contributed by atoms with Crippen LogP contribution in [0.1, 0.15) is 49.2 Å². The molecule has 0 atom stereocenters. The number of hydrogen-bond donors (Lipinski definition) is 1. The molecule has 1 aromatic heterocycles. The van der Waals surface area contributed by atoms with E-state index in [1.807, 2.05) is 19.9 Å². The van der Waals surface area contributed by atoms with Gasteiger partial charge in [0.05, 0.1) is 0 Å². The lowest BCUT2D eigenvalue weighted by Gasteiger charge is -2.11. The summed E-state index contributed by atoms with van der Waals surface area (Å²) in [6.07, 6.45) is 5.27. The van der Waals surface area contributed by atoms with Gasteiger partial charge in [0.2, 0.25) is 0 Å². The van der Waals surface area contributed by atoms with Gasteiger partial charge in [-0.15, -0.1) is 0 Å². The molecule has 142 valence electrons. The topological polar surface area (TPSA) is 54.3 Å². The van der Waals surface area contributed by atoms with E-state index in [4.69, 9.17) is 0 Å². The van der Waals surface area contributed by atoms with Gasteiger partial charge in [0.1, 0.15) is 5.70 Å². The number of nitrogens with one attached hydrogen (secondary N) is 1. The van der Waals surface area contributed by atoms with Gasteiger partial charge >= 0.3 is 6.03 Å². The maximum atomic E-state index is 12.3. The predicted octanol–water partition coefficient (Wildman–Crippen LogP) is 4.35. The highest BCUT2D eigenvalue weighted by Gasteiger charge is 2.32. The number of urea groups is 1. The Morgan fingerprint density at radius 3 is 2.37 bits per heavy atom. The van der Waals surface area contributed by atoms with Crippen molar-refractivity contribution in [2.45, 2.75) is 47.0 Å². The number of unbranched alkanes of at least 4 members (excludes halogenated alkanes) is 1. The second-order valence-corrected chi connectivity index (χ2v) is 6.97. The monoisotopic (exact) mass is 365 g/mol. The Labute approximate surface area is 160 Å². The van der Waals surface area contributed by atoms with Crippen molar-refractivity contribution >= 4 is 18.0 Å². The summed E-state index contributed by atoms with van der Waals surface area (Å²) in [5, 5.41) is 2.67. The summed E-state index contributed by atoms with van der Waals surface area (Å²) < 4.78 is 2.18. The van der Waals surface area contributed by atoms with E-state index < -0.39 is 0 Å². The molecule has 0 spiro atoms. The molecule has 1 aliphatic rings. The van der Waals surface area contributed by atoms with E-state index >= 15 is 0 Å². The second-order valence-electron chi connectivity index (χ2n) is 6.97. The van der Waals surface area contributed by atoms with E-state index in [2.05, 4.69) is 41.1 Å². The van der Waals surface area contributed by atoms with Gasteiger partial charge in [-0.1, -0.05) is 25.5 Å². The fraction of sp³-hybridized carbons (Fsp3) is 0.364. The van der Waals surface area contributed by atoms with Crippen molar-refractivity contribution in [2.75, 3.05) is 6.54 Å². The summed E-state index contributed by atoms with van der Waals surface area (Å²) in [6, 6.07) is 10.3. The maximum Gasteiger partial charge on any atom is 0.328 e. The molecular weight excluding hydrogens is 338 g/mol. The van der Waals surface area contributed by atoms with Crippen LogP contribution >= 0.6 is 0 Å². The Balaban J connectivity index is 1.90. The summed E-state index contributed by atoms with van der Waals surface area (Å²) in [6.45, 7) is 8.44. The first-order chi connectivity index (χ1) is 13.0. The van der Waals surface area contributed by atoms with Crippen molar-refractivity contribution in [3.8, 4) is 5.69 Å². The maximum absolute atomic E-state index is 12.3. The number of likely N-dealkylation sites (N-methyl/N-ethyl adjacent to an activating group) is 1. The minimum atomic E-state index is -0.356. The van der Waals surface area contributed by atoms with Crippen molar-refractivity contribution in [2.24, 2.45) is 0 Å². The van der Waals surface area contributed by atoms with E-state index in [0.717, 1.165) is 29.1 Å². The molecule has 0 aliphatic carbocycles. The van der Waals surface area contributed by atoms with Gasteiger partial charge in [-0.25, -0.2) is 4.79 Å². The molecule has 2 aromatic rings. The van der Waals surface area contributed by atoms with Gasteiger partial charge in [-0.3, -0.25) is 9.69 Å². The van der Waals surface area contributed by atoms with Crippen LogP contribution in [0.3, 0.4) is 0 Å². The van der Waals surface area contributed by atoms with Gasteiger partial charge in [-0.2, -0.15) is 0 Å². The van der Waals surface area contributed by atoms with E-state index in [1.54, 1.807) is 13.0 Å². The zero-order chi connectivity index (χ0) is 19.6. The number of carbonyl (C=O) groups is 2. The Morgan fingerprint density at radius 2 is 1.78 bits per heavy atom. The molecule has 2 heterocycles.